The normalized spacial score (nSPS) is 18.2. The summed E-state index contributed by atoms with van der Waals surface area (Å²) in [6, 6.07) is 5.96. The Kier molecular flexibility index (Phi) is 7.96. The lowest BCUT2D eigenvalue weighted by Gasteiger charge is -2.28. The molecule has 2 aromatic carbocycles. The minimum atomic E-state index is -1.09. The molecule has 0 saturated carbocycles. The van der Waals surface area contributed by atoms with Gasteiger partial charge in [-0.1, -0.05) is 0 Å². The summed E-state index contributed by atoms with van der Waals surface area (Å²) in [5, 5.41) is 2.50. The summed E-state index contributed by atoms with van der Waals surface area (Å²) in [4.78, 5) is 37.7. The summed E-state index contributed by atoms with van der Waals surface area (Å²) in [6.07, 6.45) is 0.980. The lowest BCUT2D eigenvalue weighted by atomic mass is 9.97. The molecular formula is C25H27F3N2O4. The fourth-order valence-electron chi connectivity index (χ4n) is 4.24. The molecule has 2 aromatic rings. The Bertz CT molecular complexity index is 1060. The van der Waals surface area contributed by atoms with E-state index in [2.05, 4.69) is 5.32 Å². The van der Waals surface area contributed by atoms with Gasteiger partial charge in [0.05, 0.1) is 12.2 Å². The monoisotopic (exact) mass is 476 g/mol. The van der Waals surface area contributed by atoms with Crippen LogP contribution in [0.3, 0.4) is 0 Å². The van der Waals surface area contributed by atoms with Gasteiger partial charge >= 0.3 is 5.97 Å². The summed E-state index contributed by atoms with van der Waals surface area (Å²) < 4.78 is 47.5. The summed E-state index contributed by atoms with van der Waals surface area (Å²) in [7, 11) is 0. The van der Waals surface area contributed by atoms with Crippen LogP contribution in [0.2, 0.25) is 0 Å². The highest BCUT2D eigenvalue weighted by molar-refractivity contribution is 6.04. The molecule has 0 aliphatic carbocycles. The van der Waals surface area contributed by atoms with Gasteiger partial charge in [0.2, 0.25) is 0 Å². The predicted octanol–water partition coefficient (Wildman–Crippen LogP) is 4.79. The van der Waals surface area contributed by atoms with Crippen LogP contribution in [0.5, 0.6) is 0 Å². The first-order chi connectivity index (χ1) is 16.0. The van der Waals surface area contributed by atoms with E-state index in [0.29, 0.717) is 25.8 Å². The number of anilines is 2. The molecule has 1 saturated heterocycles. The fraction of sp³-hybridized carbons (Fsp3) is 0.400. The minimum Gasteiger partial charge on any atom is -0.461 e. The highest BCUT2D eigenvalue weighted by Crippen LogP contribution is 2.29. The average Bonchev–Trinajstić information content (AvgIpc) is 2.93. The van der Waals surface area contributed by atoms with Crippen molar-refractivity contribution in [3.63, 3.8) is 0 Å². The van der Waals surface area contributed by atoms with Crippen LogP contribution in [0.4, 0.5) is 24.5 Å². The Balaban J connectivity index is 1.88. The van der Waals surface area contributed by atoms with Crippen molar-refractivity contribution in [3.05, 3.63) is 58.9 Å². The maximum Gasteiger partial charge on any atom is 0.302 e. The molecule has 0 unspecified atom stereocenters. The van der Waals surface area contributed by atoms with Crippen LogP contribution in [0.25, 0.3) is 0 Å². The number of Topliss-reactive ketones (excluding diaryl/α,β-unsaturated/α-hetero) is 1. The van der Waals surface area contributed by atoms with Gasteiger partial charge in [0.1, 0.15) is 17.7 Å². The number of ether oxygens (including phenoxy) is 1. The molecular weight excluding hydrogens is 449 g/mol. The van der Waals surface area contributed by atoms with Crippen molar-refractivity contribution in [2.75, 3.05) is 23.3 Å². The molecule has 34 heavy (non-hydrogen) atoms. The van der Waals surface area contributed by atoms with Crippen LogP contribution < -0.4 is 10.2 Å². The number of benzene rings is 2. The second-order valence-electron chi connectivity index (χ2n) is 8.70. The molecule has 9 heteroatoms. The first-order valence-electron chi connectivity index (χ1n) is 11.0. The van der Waals surface area contributed by atoms with Gasteiger partial charge in [-0.05, 0) is 62.4 Å². The first kappa shape index (κ1) is 25.3. The highest BCUT2D eigenvalue weighted by Gasteiger charge is 2.28. The van der Waals surface area contributed by atoms with Gasteiger partial charge in [-0.15, -0.1) is 0 Å². The van der Waals surface area contributed by atoms with E-state index in [-0.39, 0.29) is 40.7 Å². The van der Waals surface area contributed by atoms with E-state index in [1.54, 1.807) is 4.90 Å². The van der Waals surface area contributed by atoms with Gasteiger partial charge in [-0.25, -0.2) is 13.2 Å². The molecule has 0 radical (unpaired) electrons. The zero-order chi connectivity index (χ0) is 25.0. The number of carbonyl (C=O) groups excluding carboxylic acids is 3. The van der Waals surface area contributed by atoms with Crippen LogP contribution >= 0.6 is 0 Å². The zero-order valence-electron chi connectivity index (χ0n) is 19.3. The number of esters is 1. The lowest BCUT2D eigenvalue weighted by molar-refractivity contribution is -0.146. The number of nitrogens with one attached hydrogen (secondary N) is 1. The summed E-state index contributed by atoms with van der Waals surface area (Å²) in [6.45, 7) is 4.72. The number of carbonyl (C=O) groups is 3. The van der Waals surface area contributed by atoms with Crippen LogP contribution in [0, 0.1) is 30.3 Å². The number of halogens is 3. The van der Waals surface area contributed by atoms with Crippen molar-refractivity contribution in [2.24, 2.45) is 5.92 Å². The molecule has 6 nitrogen and oxygen atoms in total. The lowest BCUT2D eigenvalue weighted by Crippen LogP contribution is -2.35. The summed E-state index contributed by atoms with van der Waals surface area (Å²) >= 11 is 0. The number of hydrogen-bond acceptors (Lipinski definition) is 5. The van der Waals surface area contributed by atoms with Crippen molar-refractivity contribution >= 4 is 29.0 Å². The van der Waals surface area contributed by atoms with Gasteiger partial charge in [0.25, 0.3) is 5.91 Å². The van der Waals surface area contributed by atoms with Crippen molar-refractivity contribution in [2.45, 2.75) is 46.1 Å². The maximum absolute atomic E-state index is 14.9. The third-order valence-electron chi connectivity index (χ3n) is 5.73. The maximum atomic E-state index is 14.9. The molecule has 1 fully saturated rings. The standard InChI is InChI=1S/C25H27F3N2O4/c1-14-8-19(11-22(27)24(14)28)29-25(33)18-5-7-21(26)23(10-18)30-12-17(9-15(2)31)4-6-20(13-30)34-16(3)32/h5,7-8,10-11,17,20H,4,6,9,12-13H2,1-3H3,(H,29,33)/t17-,20-/m1/s1. The van der Waals surface area contributed by atoms with Crippen LogP contribution in [-0.4, -0.2) is 36.9 Å². The first-order valence-corrected chi connectivity index (χ1v) is 11.0. The minimum absolute atomic E-state index is 0.00584. The summed E-state index contributed by atoms with van der Waals surface area (Å²) in [5.41, 5.74) is 0.336. The van der Waals surface area contributed by atoms with Crippen LogP contribution in [0.15, 0.2) is 30.3 Å². The quantitative estimate of drug-likeness (QED) is 0.607. The van der Waals surface area contributed by atoms with Gasteiger partial charge in [0, 0.05) is 37.2 Å². The van der Waals surface area contributed by atoms with Crippen LogP contribution in [0.1, 0.15) is 49.0 Å². The van der Waals surface area contributed by atoms with Gasteiger partial charge < -0.3 is 19.7 Å². The predicted molar refractivity (Wildman–Crippen MR) is 121 cm³/mol. The molecule has 1 aliphatic rings. The number of ketones is 1. The molecule has 2 atom stereocenters. The molecule has 1 aliphatic heterocycles. The average molecular weight is 476 g/mol. The molecule has 1 N–H and O–H groups in total. The van der Waals surface area contributed by atoms with Gasteiger partial charge in [-0.2, -0.15) is 0 Å². The van der Waals surface area contributed by atoms with Crippen molar-refractivity contribution in [1.82, 2.24) is 0 Å². The molecule has 0 bridgehead atoms. The molecule has 182 valence electrons. The van der Waals surface area contributed by atoms with E-state index in [1.807, 2.05) is 0 Å². The Labute approximate surface area is 196 Å². The van der Waals surface area contributed by atoms with E-state index < -0.39 is 35.4 Å². The topological polar surface area (TPSA) is 75.7 Å². The van der Waals surface area contributed by atoms with Crippen molar-refractivity contribution < 1.29 is 32.3 Å². The number of nitrogens with zero attached hydrogens (tertiary/aromatic N) is 1. The molecule has 0 spiro atoms. The Morgan fingerprint density at radius 1 is 1.03 bits per heavy atom. The smallest absolute Gasteiger partial charge is 0.302 e. The SMILES string of the molecule is CC(=O)C[C@H]1CC[C@@H](OC(C)=O)CN(c2cc(C(=O)Nc3cc(C)c(F)c(F)c3)ccc2F)C1. The van der Waals surface area contributed by atoms with E-state index in [0.717, 1.165) is 12.1 Å². The van der Waals surface area contributed by atoms with Gasteiger partial charge in [0.15, 0.2) is 11.6 Å². The van der Waals surface area contributed by atoms with E-state index in [1.165, 1.54) is 39.0 Å². The Hall–Kier alpha value is -3.36. The largest absolute Gasteiger partial charge is 0.461 e. The van der Waals surface area contributed by atoms with E-state index >= 15 is 0 Å². The molecule has 1 amide bonds. The third kappa shape index (κ3) is 6.36. The van der Waals surface area contributed by atoms with Gasteiger partial charge in [-0.3, -0.25) is 9.59 Å². The highest BCUT2D eigenvalue weighted by atomic mass is 19.2. The molecule has 0 aromatic heterocycles. The summed E-state index contributed by atoms with van der Waals surface area (Å²) in [5.74, 6) is -3.81. The second-order valence-corrected chi connectivity index (χ2v) is 8.70. The molecule has 1 heterocycles. The zero-order valence-corrected chi connectivity index (χ0v) is 19.3. The number of rotatable bonds is 6. The Morgan fingerprint density at radius 2 is 1.76 bits per heavy atom. The number of amides is 1. The third-order valence-corrected chi connectivity index (χ3v) is 5.73. The number of hydrogen-bond donors (Lipinski definition) is 1. The molecule has 3 rings (SSSR count). The number of aryl methyl sites for hydroxylation is 1. The van der Waals surface area contributed by atoms with Crippen molar-refractivity contribution in [1.29, 1.82) is 0 Å². The van der Waals surface area contributed by atoms with Crippen LogP contribution in [-0.2, 0) is 14.3 Å². The second kappa shape index (κ2) is 10.7. The van der Waals surface area contributed by atoms with Crippen molar-refractivity contribution in [3.8, 4) is 0 Å². The van der Waals surface area contributed by atoms with E-state index in [9.17, 15) is 27.6 Å². The Morgan fingerprint density at radius 3 is 2.41 bits per heavy atom. The fourth-order valence-corrected chi connectivity index (χ4v) is 4.24. The van der Waals surface area contributed by atoms with E-state index in [4.69, 9.17) is 4.74 Å².